The highest BCUT2D eigenvalue weighted by Crippen LogP contribution is 2.06. The van der Waals surface area contributed by atoms with E-state index in [2.05, 4.69) is 10.6 Å². The molecule has 0 aromatic rings. The molecule has 7 heteroatoms. The molecule has 0 aromatic heterocycles. The average Bonchev–Trinajstić information content (AvgIpc) is 2.24. The van der Waals surface area contributed by atoms with Crippen molar-refractivity contribution in [3.05, 3.63) is 0 Å². The first-order valence-corrected chi connectivity index (χ1v) is 5.96. The summed E-state index contributed by atoms with van der Waals surface area (Å²) in [5, 5.41) is 14.6. The van der Waals surface area contributed by atoms with Crippen LogP contribution in [0.2, 0.25) is 0 Å². The summed E-state index contributed by atoms with van der Waals surface area (Å²) in [6.07, 6.45) is -1.42. The van der Waals surface area contributed by atoms with E-state index in [9.17, 15) is 9.59 Å². The third kappa shape index (κ3) is 5.22. The second-order valence-electron chi connectivity index (χ2n) is 5.26. The van der Waals surface area contributed by atoms with Crippen molar-refractivity contribution < 1.29 is 19.4 Å². The first kappa shape index (κ1) is 14.6. The van der Waals surface area contributed by atoms with Gasteiger partial charge in [0.05, 0.1) is 0 Å². The summed E-state index contributed by atoms with van der Waals surface area (Å²) in [5.41, 5.74) is -0.531. The van der Waals surface area contributed by atoms with Gasteiger partial charge < -0.3 is 25.4 Å². The van der Waals surface area contributed by atoms with Crippen LogP contribution >= 0.6 is 0 Å². The minimum absolute atomic E-state index is 0.0811. The van der Waals surface area contributed by atoms with Gasteiger partial charge >= 0.3 is 12.2 Å². The quantitative estimate of drug-likeness (QED) is 0.670. The summed E-state index contributed by atoms with van der Waals surface area (Å²) in [5.74, 6) is 0. The number of rotatable bonds is 2. The van der Waals surface area contributed by atoms with E-state index < -0.39 is 17.8 Å². The van der Waals surface area contributed by atoms with Crippen LogP contribution in [0.25, 0.3) is 0 Å². The van der Waals surface area contributed by atoms with Crippen LogP contribution in [0.1, 0.15) is 20.8 Å². The highest BCUT2D eigenvalue weighted by molar-refractivity contribution is 5.68. The summed E-state index contributed by atoms with van der Waals surface area (Å²) in [6, 6.07) is -0.0811. The Kier molecular flexibility index (Phi) is 4.77. The molecule has 1 fully saturated rings. The Balaban J connectivity index is 2.31. The van der Waals surface area contributed by atoms with Gasteiger partial charge in [-0.1, -0.05) is 0 Å². The third-order valence-corrected chi connectivity index (χ3v) is 2.42. The fourth-order valence-corrected chi connectivity index (χ4v) is 1.66. The molecule has 1 rings (SSSR count). The van der Waals surface area contributed by atoms with Crippen LogP contribution in [0.5, 0.6) is 0 Å². The van der Waals surface area contributed by atoms with Crippen LogP contribution in [0, 0.1) is 0 Å². The Morgan fingerprint density at radius 1 is 1.50 bits per heavy atom. The van der Waals surface area contributed by atoms with E-state index in [0.717, 1.165) is 0 Å². The number of hydrogen-bond acceptors (Lipinski definition) is 4. The monoisotopic (exact) mass is 259 g/mol. The van der Waals surface area contributed by atoms with E-state index in [0.29, 0.717) is 26.2 Å². The lowest BCUT2D eigenvalue weighted by Gasteiger charge is -2.32. The molecule has 3 N–H and O–H groups in total. The smallest absolute Gasteiger partial charge is 0.407 e. The van der Waals surface area contributed by atoms with Crippen molar-refractivity contribution in [2.45, 2.75) is 32.4 Å². The Morgan fingerprint density at radius 3 is 2.72 bits per heavy atom. The van der Waals surface area contributed by atoms with Crippen LogP contribution in [-0.4, -0.2) is 60.0 Å². The Labute approximate surface area is 106 Å². The van der Waals surface area contributed by atoms with Crippen molar-refractivity contribution in [2.75, 3.05) is 26.2 Å². The van der Waals surface area contributed by atoms with Gasteiger partial charge in [-0.25, -0.2) is 9.59 Å². The second kappa shape index (κ2) is 5.90. The van der Waals surface area contributed by atoms with E-state index in [1.165, 1.54) is 4.90 Å². The Bertz CT molecular complexity index is 314. The van der Waals surface area contributed by atoms with Gasteiger partial charge in [0.15, 0.2) is 0 Å². The number of alkyl carbamates (subject to hydrolysis) is 1. The molecule has 0 bridgehead atoms. The zero-order valence-electron chi connectivity index (χ0n) is 11.0. The van der Waals surface area contributed by atoms with Gasteiger partial charge in [0.25, 0.3) is 0 Å². The lowest BCUT2D eigenvalue weighted by Crippen LogP contribution is -2.56. The molecule has 0 radical (unpaired) electrons. The lowest BCUT2D eigenvalue weighted by atomic mass is 10.2. The first-order valence-electron chi connectivity index (χ1n) is 5.96. The van der Waals surface area contributed by atoms with E-state index >= 15 is 0 Å². The van der Waals surface area contributed by atoms with Gasteiger partial charge in [-0.05, 0) is 20.8 Å². The number of amides is 2. The van der Waals surface area contributed by atoms with Crippen molar-refractivity contribution in [3.8, 4) is 0 Å². The minimum atomic E-state index is -0.932. The van der Waals surface area contributed by atoms with Crippen LogP contribution < -0.4 is 10.6 Å². The van der Waals surface area contributed by atoms with Crippen molar-refractivity contribution >= 4 is 12.2 Å². The van der Waals surface area contributed by atoms with Gasteiger partial charge in [-0.3, -0.25) is 0 Å². The lowest BCUT2D eigenvalue weighted by molar-refractivity contribution is 0.0517. The normalized spacial score (nSPS) is 20.4. The number of carbonyl (C=O) groups excluding carboxylic acids is 1. The SMILES string of the molecule is CC(C)(C)OC(=O)NCC1CN(C(=O)O)CCN1. The van der Waals surface area contributed by atoms with Crippen molar-refractivity contribution in [2.24, 2.45) is 0 Å². The second-order valence-corrected chi connectivity index (χ2v) is 5.26. The molecule has 0 aromatic carbocycles. The zero-order valence-corrected chi connectivity index (χ0v) is 11.0. The van der Waals surface area contributed by atoms with Gasteiger partial charge in [-0.15, -0.1) is 0 Å². The molecular weight excluding hydrogens is 238 g/mol. The van der Waals surface area contributed by atoms with Crippen LogP contribution in [0.4, 0.5) is 9.59 Å². The zero-order chi connectivity index (χ0) is 13.8. The first-order chi connectivity index (χ1) is 8.28. The topological polar surface area (TPSA) is 90.9 Å². The Hall–Kier alpha value is -1.50. The van der Waals surface area contributed by atoms with Crippen LogP contribution in [-0.2, 0) is 4.74 Å². The fourth-order valence-electron chi connectivity index (χ4n) is 1.66. The molecule has 1 saturated heterocycles. The standard InChI is InChI=1S/C11H21N3O4/c1-11(2,3)18-9(15)13-6-8-7-14(10(16)17)5-4-12-8/h8,12H,4-7H2,1-3H3,(H,13,15)(H,16,17). The number of piperazine rings is 1. The maximum atomic E-state index is 11.4. The molecule has 1 heterocycles. The summed E-state index contributed by atoms with van der Waals surface area (Å²) >= 11 is 0. The number of hydrogen-bond donors (Lipinski definition) is 3. The van der Waals surface area contributed by atoms with E-state index in [1.54, 1.807) is 20.8 Å². The summed E-state index contributed by atoms with van der Waals surface area (Å²) in [6.45, 7) is 7.14. The van der Waals surface area contributed by atoms with Gasteiger partial charge in [-0.2, -0.15) is 0 Å². The molecule has 7 nitrogen and oxygen atoms in total. The third-order valence-electron chi connectivity index (χ3n) is 2.42. The Morgan fingerprint density at radius 2 is 2.17 bits per heavy atom. The molecule has 18 heavy (non-hydrogen) atoms. The van der Waals surface area contributed by atoms with Gasteiger partial charge in [0, 0.05) is 32.2 Å². The fraction of sp³-hybridized carbons (Fsp3) is 0.818. The average molecular weight is 259 g/mol. The van der Waals surface area contributed by atoms with E-state index in [-0.39, 0.29) is 6.04 Å². The molecule has 1 aliphatic heterocycles. The largest absolute Gasteiger partial charge is 0.465 e. The van der Waals surface area contributed by atoms with Crippen molar-refractivity contribution in [1.29, 1.82) is 0 Å². The molecule has 0 saturated carbocycles. The molecule has 1 aliphatic rings. The van der Waals surface area contributed by atoms with Crippen molar-refractivity contribution in [3.63, 3.8) is 0 Å². The van der Waals surface area contributed by atoms with Crippen LogP contribution in [0.15, 0.2) is 0 Å². The van der Waals surface area contributed by atoms with Crippen molar-refractivity contribution in [1.82, 2.24) is 15.5 Å². The predicted octanol–water partition coefficient (Wildman–Crippen LogP) is 0.463. The summed E-state index contributed by atoms with van der Waals surface area (Å²) < 4.78 is 5.10. The highest BCUT2D eigenvalue weighted by atomic mass is 16.6. The molecule has 0 aliphatic carbocycles. The van der Waals surface area contributed by atoms with Gasteiger partial charge in [0.2, 0.25) is 0 Å². The number of carbonyl (C=O) groups is 2. The molecule has 2 amide bonds. The molecular formula is C11H21N3O4. The summed E-state index contributed by atoms with van der Waals surface area (Å²) in [4.78, 5) is 23.6. The minimum Gasteiger partial charge on any atom is -0.465 e. The predicted molar refractivity (Wildman–Crippen MR) is 65.6 cm³/mol. The number of nitrogens with one attached hydrogen (secondary N) is 2. The number of ether oxygens (including phenoxy) is 1. The maximum Gasteiger partial charge on any atom is 0.407 e. The maximum absolute atomic E-state index is 11.4. The van der Waals surface area contributed by atoms with Crippen LogP contribution in [0.3, 0.4) is 0 Å². The molecule has 104 valence electrons. The number of carboxylic acid groups (broad SMARTS) is 1. The van der Waals surface area contributed by atoms with E-state index in [1.807, 2.05) is 0 Å². The molecule has 0 spiro atoms. The van der Waals surface area contributed by atoms with Gasteiger partial charge in [0.1, 0.15) is 5.60 Å². The molecule has 1 unspecified atom stereocenters. The molecule has 1 atom stereocenters. The highest BCUT2D eigenvalue weighted by Gasteiger charge is 2.23. The number of nitrogens with zero attached hydrogens (tertiary/aromatic N) is 1. The van der Waals surface area contributed by atoms with E-state index in [4.69, 9.17) is 9.84 Å². The summed E-state index contributed by atoms with van der Waals surface area (Å²) in [7, 11) is 0.